The van der Waals surface area contributed by atoms with Gasteiger partial charge in [0.15, 0.2) is 17.3 Å². The summed E-state index contributed by atoms with van der Waals surface area (Å²) < 4.78 is 11.2. The van der Waals surface area contributed by atoms with Crippen molar-refractivity contribution in [2.75, 3.05) is 32.8 Å². The molecule has 31 heavy (non-hydrogen) atoms. The molecular weight excluding hydrogens is 386 g/mol. The fraction of sp³-hybridized carbons (Fsp3) is 0.296. The Labute approximate surface area is 183 Å². The first-order valence-electron chi connectivity index (χ1n) is 11.2. The average molecular weight is 415 g/mol. The van der Waals surface area contributed by atoms with Crippen LogP contribution in [0.15, 0.2) is 72.8 Å². The Morgan fingerprint density at radius 3 is 2.55 bits per heavy atom. The molecule has 2 atom stereocenters. The summed E-state index contributed by atoms with van der Waals surface area (Å²) in [7, 11) is 0. The van der Waals surface area contributed by atoms with E-state index < -0.39 is 0 Å². The summed E-state index contributed by atoms with van der Waals surface area (Å²) in [5, 5.41) is 0. The number of carbonyl (C=O) groups is 1. The van der Waals surface area contributed by atoms with Gasteiger partial charge in [-0.3, -0.25) is 4.79 Å². The summed E-state index contributed by atoms with van der Waals surface area (Å²) in [5.41, 5.74) is 4.93. The Balaban J connectivity index is 1.30. The molecule has 1 unspecified atom stereocenters. The number of benzene rings is 3. The van der Waals surface area contributed by atoms with Crippen molar-refractivity contribution in [3.8, 4) is 11.5 Å². The van der Waals surface area contributed by atoms with E-state index in [1.54, 1.807) is 0 Å². The van der Waals surface area contributed by atoms with Crippen molar-refractivity contribution < 1.29 is 19.2 Å². The lowest BCUT2D eigenvalue weighted by Crippen LogP contribution is -3.12. The Morgan fingerprint density at radius 1 is 0.903 bits per heavy atom. The monoisotopic (exact) mass is 414 g/mol. The fourth-order valence-corrected chi connectivity index (χ4v) is 4.78. The van der Waals surface area contributed by atoms with Crippen molar-refractivity contribution in [1.29, 1.82) is 0 Å². The zero-order chi connectivity index (χ0) is 21.0. The number of Topliss-reactive ketones (excluding diaryl/α,β-unsaturated/α-hetero) is 1. The molecule has 5 rings (SSSR count). The quantitative estimate of drug-likeness (QED) is 0.652. The number of fused-ring (bicyclic) bond motifs is 2. The SMILES string of the molecule is O=C(CC[NH+]1CCc2ccccc2[C@H](c2ccccc2)C1)c1ccc2c(c1)OCCO2. The minimum Gasteiger partial charge on any atom is -0.486 e. The molecule has 0 saturated heterocycles. The number of carbonyl (C=O) groups excluding carboxylic acids is 1. The van der Waals surface area contributed by atoms with E-state index in [0.717, 1.165) is 31.8 Å². The molecule has 2 aliphatic heterocycles. The zero-order valence-corrected chi connectivity index (χ0v) is 17.7. The number of ketones is 1. The second-order valence-corrected chi connectivity index (χ2v) is 8.40. The molecule has 0 saturated carbocycles. The van der Waals surface area contributed by atoms with Crippen LogP contribution >= 0.6 is 0 Å². The Bertz CT molecular complexity index is 1060. The van der Waals surface area contributed by atoms with E-state index in [0.29, 0.717) is 36.9 Å². The van der Waals surface area contributed by atoms with Gasteiger partial charge < -0.3 is 14.4 Å². The summed E-state index contributed by atoms with van der Waals surface area (Å²) >= 11 is 0. The molecule has 1 N–H and O–H groups in total. The van der Waals surface area contributed by atoms with Crippen molar-refractivity contribution in [2.24, 2.45) is 0 Å². The number of nitrogens with one attached hydrogen (secondary N) is 1. The minimum absolute atomic E-state index is 0.169. The van der Waals surface area contributed by atoms with Gasteiger partial charge in [0.2, 0.25) is 0 Å². The maximum Gasteiger partial charge on any atom is 0.168 e. The van der Waals surface area contributed by atoms with E-state index in [9.17, 15) is 4.79 Å². The first-order valence-corrected chi connectivity index (χ1v) is 11.2. The predicted octanol–water partition coefficient (Wildman–Crippen LogP) is 3.30. The molecule has 3 aromatic rings. The summed E-state index contributed by atoms with van der Waals surface area (Å²) in [6.07, 6.45) is 1.58. The molecule has 0 spiro atoms. The maximum absolute atomic E-state index is 12.9. The van der Waals surface area contributed by atoms with E-state index in [-0.39, 0.29) is 5.78 Å². The van der Waals surface area contributed by atoms with Gasteiger partial charge in [-0.05, 0) is 34.9 Å². The molecule has 0 bridgehead atoms. The van der Waals surface area contributed by atoms with E-state index in [4.69, 9.17) is 9.47 Å². The molecule has 4 nitrogen and oxygen atoms in total. The molecule has 0 aromatic heterocycles. The highest BCUT2D eigenvalue weighted by Crippen LogP contribution is 2.31. The van der Waals surface area contributed by atoms with Gasteiger partial charge in [0.05, 0.1) is 32.0 Å². The molecule has 158 valence electrons. The molecule has 0 fully saturated rings. The van der Waals surface area contributed by atoms with Gasteiger partial charge >= 0.3 is 0 Å². The van der Waals surface area contributed by atoms with Crippen LogP contribution in [0.2, 0.25) is 0 Å². The predicted molar refractivity (Wildman–Crippen MR) is 120 cm³/mol. The summed E-state index contributed by atoms with van der Waals surface area (Å²) in [4.78, 5) is 14.4. The first kappa shape index (κ1) is 19.8. The van der Waals surface area contributed by atoms with Crippen LogP contribution < -0.4 is 14.4 Å². The second kappa shape index (κ2) is 8.94. The van der Waals surface area contributed by atoms with Crippen LogP contribution in [0, 0.1) is 0 Å². The van der Waals surface area contributed by atoms with Crippen LogP contribution in [0.5, 0.6) is 11.5 Å². The highest BCUT2D eigenvalue weighted by atomic mass is 16.6. The van der Waals surface area contributed by atoms with Gasteiger partial charge in [0, 0.05) is 12.0 Å². The number of ether oxygens (including phenoxy) is 2. The molecule has 4 heteroatoms. The van der Waals surface area contributed by atoms with Gasteiger partial charge in [0.1, 0.15) is 13.2 Å². The van der Waals surface area contributed by atoms with E-state index >= 15 is 0 Å². The minimum atomic E-state index is 0.169. The number of rotatable bonds is 5. The smallest absolute Gasteiger partial charge is 0.168 e. The van der Waals surface area contributed by atoms with Crippen LogP contribution in [0.1, 0.15) is 39.4 Å². The van der Waals surface area contributed by atoms with E-state index in [2.05, 4.69) is 54.6 Å². The van der Waals surface area contributed by atoms with Crippen molar-refractivity contribution in [3.63, 3.8) is 0 Å². The van der Waals surface area contributed by atoms with Crippen LogP contribution in [-0.4, -0.2) is 38.6 Å². The standard InChI is InChI=1S/C27H27NO3/c29-25(22-10-11-26-27(18-22)31-17-16-30-26)13-15-28-14-12-21-8-4-5-9-23(21)24(19-28)20-6-2-1-3-7-20/h1-11,18,24H,12-17,19H2/p+1/t24-/m0/s1. The molecule has 2 aliphatic rings. The third-order valence-corrected chi connectivity index (χ3v) is 6.44. The lowest BCUT2D eigenvalue weighted by Gasteiger charge is -2.23. The van der Waals surface area contributed by atoms with Gasteiger partial charge in [-0.25, -0.2) is 0 Å². The third-order valence-electron chi connectivity index (χ3n) is 6.44. The third kappa shape index (κ3) is 4.35. The highest BCUT2D eigenvalue weighted by molar-refractivity contribution is 5.96. The molecular formula is C27H28NO3+. The normalized spacial score (nSPS) is 19.9. The highest BCUT2D eigenvalue weighted by Gasteiger charge is 2.27. The molecule has 3 aromatic carbocycles. The lowest BCUT2D eigenvalue weighted by molar-refractivity contribution is -0.899. The lowest BCUT2D eigenvalue weighted by atomic mass is 9.88. The number of hydrogen-bond acceptors (Lipinski definition) is 3. The van der Waals surface area contributed by atoms with E-state index in [1.165, 1.54) is 21.6 Å². The Hall–Kier alpha value is -3.11. The average Bonchev–Trinajstić information content (AvgIpc) is 3.02. The van der Waals surface area contributed by atoms with Crippen LogP contribution in [0.3, 0.4) is 0 Å². The molecule has 2 heterocycles. The number of quaternary nitrogens is 1. The van der Waals surface area contributed by atoms with Crippen LogP contribution in [0.4, 0.5) is 0 Å². The largest absolute Gasteiger partial charge is 0.486 e. The van der Waals surface area contributed by atoms with Gasteiger partial charge in [-0.15, -0.1) is 0 Å². The molecule has 0 radical (unpaired) electrons. The van der Waals surface area contributed by atoms with E-state index in [1.807, 2.05) is 18.2 Å². The van der Waals surface area contributed by atoms with Crippen LogP contribution in [0.25, 0.3) is 0 Å². The Morgan fingerprint density at radius 2 is 1.68 bits per heavy atom. The van der Waals surface area contributed by atoms with Gasteiger partial charge in [-0.2, -0.15) is 0 Å². The van der Waals surface area contributed by atoms with Gasteiger partial charge in [-0.1, -0.05) is 54.6 Å². The van der Waals surface area contributed by atoms with Crippen molar-refractivity contribution in [1.82, 2.24) is 0 Å². The Kier molecular flexibility index (Phi) is 5.72. The van der Waals surface area contributed by atoms with Crippen LogP contribution in [-0.2, 0) is 6.42 Å². The maximum atomic E-state index is 12.9. The summed E-state index contributed by atoms with van der Waals surface area (Å²) in [6, 6.07) is 25.1. The first-order chi connectivity index (χ1) is 15.3. The number of hydrogen-bond donors (Lipinski definition) is 1. The fourth-order valence-electron chi connectivity index (χ4n) is 4.78. The van der Waals surface area contributed by atoms with Gasteiger partial charge in [0.25, 0.3) is 0 Å². The topological polar surface area (TPSA) is 40.0 Å². The van der Waals surface area contributed by atoms with Crippen molar-refractivity contribution in [3.05, 3.63) is 95.1 Å². The summed E-state index contributed by atoms with van der Waals surface area (Å²) in [5.74, 6) is 1.94. The van der Waals surface area contributed by atoms with Crippen molar-refractivity contribution in [2.45, 2.75) is 18.8 Å². The summed E-state index contributed by atoms with van der Waals surface area (Å²) in [6.45, 7) is 3.99. The molecule has 0 aliphatic carbocycles. The second-order valence-electron chi connectivity index (χ2n) is 8.40. The zero-order valence-electron chi connectivity index (χ0n) is 17.7. The van der Waals surface area contributed by atoms with Crippen molar-refractivity contribution >= 4 is 5.78 Å². The molecule has 0 amide bonds.